The van der Waals surface area contributed by atoms with Crippen LogP contribution in [0.1, 0.15) is 18.4 Å². The van der Waals surface area contributed by atoms with Crippen LogP contribution in [0.15, 0.2) is 12.1 Å². The first-order valence-corrected chi connectivity index (χ1v) is 7.06. The molecule has 1 aliphatic rings. The first kappa shape index (κ1) is 15.2. The summed E-state index contributed by atoms with van der Waals surface area (Å²) in [7, 11) is 5.62. The monoisotopic (exact) mass is 283 g/mol. The van der Waals surface area contributed by atoms with Crippen molar-refractivity contribution in [3.63, 3.8) is 0 Å². The maximum atomic E-state index is 14.2. The molecule has 0 unspecified atom stereocenters. The zero-order valence-electron chi connectivity index (χ0n) is 12.4. The van der Waals surface area contributed by atoms with E-state index in [2.05, 4.69) is 17.3 Å². The molecule has 1 aromatic rings. The molecule has 1 saturated heterocycles. The van der Waals surface area contributed by atoms with Gasteiger partial charge in [-0.25, -0.2) is 8.78 Å². The van der Waals surface area contributed by atoms with E-state index in [0.29, 0.717) is 12.1 Å². The lowest BCUT2D eigenvalue weighted by molar-refractivity contribution is 0.252. The van der Waals surface area contributed by atoms with Crippen LogP contribution in [0.5, 0.6) is 0 Å². The van der Waals surface area contributed by atoms with Gasteiger partial charge in [-0.2, -0.15) is 0 Å². The summed E-state index contributed by atoms with van der Waals surface area (Å²) >= 11 is 0. The summed E-state index contributed by atoms with van der Waals surface area (Å²) in [5.41, 5.74) is 0.724. The van der Waals surface area contributed by atoms with E-state index in [-0.39, 0.29) is 11.7 Å². The number of rotatable bonds is 4. The van der Waals surface area contributed by atoms with Crippen molar-refractivity contribution in [3.8, 4) is 0 Å². The van der Waals surface area contributed by atoms with Crippen LogP contribution in [-0.4, -0.2) is 45.2 Å². The Bertz CT molecular complexity index is 433. The van der Waals surface area contributed by atoms with Crippen molar-refractivity contribution in [1.29, 1.82) is 0 Å². The maximum absolute atomic E-state index is 14.2. The van der Waals surface area contributed by atoms with Crippen molar-refractivity contribution in [1.82, 2.24) is 10.2 Å². The summed E-state index contributed by atoms with van der Waals surface area (Å²) in [6, 6.07) is 3.03. The number of likely N-dealkylation sites (tertiary alicyclic amines) is 1. The third-order valence-corrected chi connectivity index (χ3v) is 4.05. The second-order valence-electron chi connectivity index (χ2n) is 5.58. The van der Waals surface area contributed by atoms with Crippen molar-refractivity contribution >= 4 is 5.69 Å². The van der Waals surface area contributed by atoms with Gasteiger partial charge in [-0.15, -0.1) is 0 Å². The average molecular weight is 283 g/mol. The number of nitrogens with one attached hydrogen (secondary N) is 1. The van der Waals surface area contributed by atoms with Crippen LogP contribution >= 0.6 is 0 Å². The number of nitrogens with zero attached hydrogens (tertiary/aromatic N) is 2. The van der Waals surface area contributed by atoms with Crippen molar-refractivity contribution < 1.29 is 8.78 Å². The zero-order chi connectivity index (χ0) is 14.7. The Hall–Kier alpha value is -1.20. The van der Waals surface area contributed by atoms with Crippen LogP contribution in [0, 0.1) is 11.6 Å². The average Bonchev–Trinajstić information content (AvgIpc) is 2.39. The van der Waals surface area contributed by atoms with Gasteiger partial charge in [-0.05, 0) is 57.7 Å². The summed E-state index contributed by atoms with van der Waals surface area (Å²) < 4.78 is 28.4. The van der Waals surface area contributed by atoms with Crippen molar-refractivity contribution in [2.75, 3.05) is 39.1 Å². The summed E-state index contributed by atoms with van der Waals surface area (Å²) in [4.78, 5) is 4.01. The van der Waals surface area contributed by atoms with Crippen LogP contribution in [0.25, 0.3) is 0 Å². The molecule has 1 aliphatic heterocycles. The van der Waals surface area contributed by atoms with Crippen LogP contribution in [0.2, 0.25) is 0 Å². The standard InChI is InChI=1S/C15H23F2N3/c1-18-10-11-8-13(16)15(14(17)9-11)20(3)12-4-6-19(2)7-5-12/h8-9,12,18H,4-7,10H2,1-3H3. The van der Waals surface area contributed by atoms with E-state index in [0.717, 1.165) is 25.9 Å². The topological polar surface area (TPSA) is 18.5 Å². The highest BCUT2D eigenvalue weighted by molar-refractivity contribution is 5.51. The number of halogens is 2. The molecular formula is C15H23F2N3. The van der Waals surface area contributed by atoms with E-state index >= 15 is 0 Å². The second kappa shape index (κ2) is 6.50. The predicted molar refractivity (Wildman–Crippen MR) is 78.0 cm³/mol. The third-order valence-electron chi connectivity index (χ3n) is 4.05. The Balaban J connectivity index is 2.19. The summed E-state index contributed by atoms with van der Waals surface area (Å²) in [5, 5.41) is 2.90. The van der Waals surface area contributed by atoms with Crippen LogP contribution in [-0.2, 0) is 6.54 Å². The molecule has 0 saturated carbocycles. The van der Waals surface area contributed by atoms with Crippen molar-refractivity contribution in [3.05, 3.63) is 29.3 Å². The minimum absolute atomic E-state index is 0.0967. The molecule has 0 aliphatic carbocycles. The Kier molecular flexibility index (Phi) is 4.94. The molecule has 1 fully saturated rings. The first-order valence-electron chi connectivity index (χ1n) is 7.06. The van der Waals surface area contributed by atoms with Crippen molar-refractivity contribution in [2.24, 2.45) is 0 Å². The molecular weight excluding hydrogens is 260 g/mol. The Morgan fingerprint density at radius 2 is 1.80 bits per heavy atom. The number of hydrogen-bond acceptors (Lipinski definition) is 3. The summed E-state index contributed by atoms with van der Waals surface area (Å²) in [6.45, 7) is 2.40. The second-order valence-corrected chi connectivity index (χ2v) is 5.58. The molecule has 5 heteroatoms. The van der Waals surface area contributed by atoms with E-state index in [4.69, 9.17) is 0 Å². The molecule has 2 rings (SSSR count). The molecule has 0 radical (unpaired) electrons. The fourth-order valence-electron chi connectivity index (χ4n) is 2.83. The summed E-state index contributed by atoms with van der Waals surface area (Å²) in [6.07, 6.45) is 1.87. The van der Waals surface area contributed by atoms with Gasteiger partial charge in [-0.1, -0.05) is 0 Å². The number of benzene rings is 1. The number of hydrogen-bond donors (Lipinski definition) is 1. The van der Waals surface area contributed by atoms with E-state index in [1.165, 1.54) is 12.1 Å². The van der Waals surface area contributed by atoms with Crippen LogP contribution in [0.3, 0.4) is 0 Å². The molecule has 1 N–H and O–H groups in total. The molecule has 0 aromatic heterocycles. The molecule has 0 amide bonds. The molecule has 3 nitrogen and oxygen atoms in total. The van der Waals surface area contributed by atoms with E-state index in [9.17, 15) is 8.78 Å². The van der Waals surface area contributed by atoms with Gasteiger partial charge in [0.1, 0.15) is 17.3 Å². The number of piperidine rings is 1. The highest BCUT2D eigenvalue weighted by Gasteiger charge is 2.25. The third kappa shape index (κ3) is 3.27. The van der Waals surface area contributed by atoms with E-state index < -0.39 is 11.6 Å². The van der Waals surface area contributed by atoms with E-state index in [1.807, 2.05) is 0 Å². The fraction of sp³-hybridized carbons (Fsp3) is 0.600. The molecule has 1 heterocycles. The largest absolute Gasteiger partial charge is 0.367 e. The van der Waals surface area contributed by atoms with Gasteiger partial charge in [0, 0.05) is 19.6 Å². The Labute approximate surface area is 119 Å². The van der Waals surface area contributed by atoms with Gasteiger partial charge in [0.25, 0.3) is 0 Å². The number of anilines is 1. The quantitative estimate of drug-likeness (QED) is 0.914. The minimum Gasteiger partial charge on any atom is -0.367 e. The molecule has 0 spiro atoms. The molecule has 20 heavy (non-hydrogen) atoms. The highest BCUT2D eigenvalue weighted by atomic mass is 19.1. The van der Waals surface area contributed by atoms with Gasteiger partial charge in [-0.3, -0.25) is 0 Å². The zero-order valence-corrected chi connectivity index (χ0v) is 12.4. The first-order chi connectivity index (χ1) is 9.52. The van der Waals surface area contributed by atoms with Gasteiger partial charge in [0.2, 0.25) is 0 Å². The lowest BCUT2D eigenvalue weighted by atomic mass is 10.0. The molecule has 1 aromatic carbocycles. The maximum Gasteiger partial charge on any atom is 0.149 e. The lowest BCUT2D eigenvalue weighted by Gasteiger charge is -2.36. The fourth-order valence-corrected chi connectivity index (χ4v) is 2.83. The smallest absolute Gasteiger partial charge is 0.149 e. The SMILES string of the molecule is CNCc1cc(F)c(N(C)C2CCN(C)CC2)c(F)c1. The molecule has 112 valence electrons. The van der Waals surface area contributed by atoms with Crippen LogP contribution in [0.4, 0.5) is 14.5 Å². The normalized spacial score (nSPS) is 17.4. The van der Waals surface area contributed by atoms with E-state index in [1.54, 1.807) is 19.0 Å². The Morgan fingerprint density at radius 3 is 2.30 bits per heavy atom. The van der Waals surface area contributed by atoms with Gasteiger partial charge in [0.15, 0.2) is 0 Å². The van der Waals surface area contributed by atoms with Gasteiger partial charge >= 0.3 is 0 Å². The van der Waals surface area contributed by atoms with Gasteiger partial charge in [0.05, 0.1) is 0 Å². The Morgan fingerprint density at radius 1 is 1.25 bits per heavy atom. The highest BCUT2D eigenvalue weighted by Crippen LogP contribution is 2.28. The summed E-state index contributed by atoms with van der Waals surface area (Å²) in [5.74, 6) is -0.951. The molecule has 0 atom stereocenters. The molecule has 0 bridgehead atoms. The minimum atomic E-state index is -0.475. The van der Waals surface area contributed by atoms with Crippen molar-refractivity contribution in [2.45, 2.75) is 25.4 Å². The van der Waals surface area contributed by atoms with Gasteiger partial charge < -0.3 is 15.1 Å². The lowest BCUT2D eigenvalue weighted by Crippen LogP contribution is -2.42. The predicted octanol–water partition coefficient (Wildman–Crippen LogP) is 2.21. The van der Waals surface area contributed by atoms with Crippen LogP contribution < -0.4 is 10.2 Å².